The Bertz CT molecular complexity index is 631. The van der Waals surface area contributed by atoms with Crippen molar-refractivity contribution in [1.82, 2.24) is 0 Å². The number of methoxy groups -OCH3 is 1. The first kappa shape index (κ1) is 23.9. The van der Waals surface area contributed by atoms with Crippen molar-refractivity contribution in [2.24, 2.45) is 5.92 Å². The Morgan fingerprint density at radius 2 is 1.68 bits per heavy atom. The fourth-order valence-electron chi connectivity index (χ4n) is 3.09. The van der Waals surface area contributed by atoms with Gasteiger partial charge in [-0.05, 0) is 36.1 Å². The van der Waals surface area contributed by atoms with Crippen LogP contribution in [0.2, 0.25) is 0 Å². The first-order chi connectivity index (χ1) is 13.4. The molecule has 1 aromatic rings. The Labute approximate surface area is 170 Å². The molecule has 1 aromatic carbocycles. The zero-order valence-corrected chi connectivity index (χ0v) is 17.7. The van der Waals surface area contributed by atoms with Crippen LogP contribution < -0.4 is 4.74 Å². The van der Waals surface area contributed by atoms with Crippen molar-refractivity contribution in [3.8, 4) is 11.5 Å². The highest BCUT2D eigenvalue weighted by Gasteiger charge is 2.07. The number of hydrogen-bond acceptors (Lipinski definition) is 4. The second-order valence-electron chi connectivity index (χ2n) is 7.85. The molecule has 0 aliphatic rings. The molecule has 0 radical (unpaired) electrons. The third kappa shape index (κ3) is 10.9. The number of benzene rings is 1. The van der Waals surface area contributed by atoms with E-state index in [1.807, 2.05) is 0 Å². The van der Waals surface area contributed by atoms with Crippen LogP contribution in [0.4, 0.5) is 0 Å². The smallest absolute Gasteiger partial charge is 0.163 e. The zero-order valence-electron chi connectivity index (χ0n) is 17.7. The van der Waals surface area contributed by atoms with Crippen LogP contribution in [0.15, 0.2) is 24.3 Å². The maximum Gasteiger partial charge on any atom is 0.163 e. The normalized spacial score (nSPS) is 11.3. The van der Waals surface area contributed by atoms with Gasteiger partial charge in [0.15, 0.2) is 17.3 Å². The summed E-state index contributed by atoms with van der Waals surface area (Å²) in [5.74, 6) is 1.02. The minimum absolute atomic E-state index is 0.00914. The molecule has 1 N–H and O–H groups in total. The van der Waals surface area contributed by atoms with Crippen molar-refractivity contribution in [1.29, 1.82) is 0 Å². The van der Waals surface area contributed by atoms with E-state index in [-0.39, 0.29) is 23.7 Å². The maximum atomic E-state index is 11.9. The standard InChI is InChI=1S/C24H36O4/c1-19(2)11-9-7-5-4-6-8-10-12-21(25)18-22(26)15-13-20-14-16-23(27)24(17-20)28-3/h13-17,19,27H,4-12,18H2,1-3H3. The molecule has 0 atom stereocenters. The highest BCUT2D eigenvalue weighted by atomic mass is 16.5. The van der Waals surface area contributed by atoms with Gasteiger partial charge in [-0.1, -0.05) is 70.9 Å². The molecule has 28 heavy (non-hydrogen) atoms. The number of Topliss-reactive ketones (excluding diaryl/α,β-unsaturated/α-hetero) is 1. The fourth-order valence-corrected chi connectivity index (χ4v) is 3.09. The summed E-state index contributed by atoms with van der Waals surface area (Å²) in [6.07, 6.45) is 13.1. The topological polar surface area (TPSA) is 63.6 Å². The van der Waals surface area contributed by atoms with Crippen molar-refractivity contribution in [3.05, 3.63) is 29.8 Å². The van der Waals surface area contributed by atoms with Gasteiger partial charge in [0.25, 0.3) is 0 Å². The Hall–Kier alpha value is -2.10. The number of aromatic hydroxyl groups is 1. The lowest BCUT2D eigenvalue weighted by atomic mass is 10.0. The second-order valence-corrected chi connectivity index (χ2v) is 7.85. The van der Waals surface area contributed by atoms with E-state index in [0.29, 0.717) is 12.2 Å². The van der Waals surface area contributed by atoms with Crippen LogP contribution in [-0.2, 0) is 9.59 Å². The molecular weight excluding hydrogens is 352 g/mol. The number of phenolic OH excluding ortho intramolecular Hbond substituents is 1. The number of allylic oxidation sites excluding steroid dienone is 1. The number of rotatable bonds is 15. The Morgan fingerprint density at radius 3 is 2.32 bits per heavy atom. The largest absolute Gasteiger partial charge is 0.504 e. The summed E-state index contributed by atoms with van der Waals surface area (Å²) < 4.78 is 5.03. The summed E-state index contributed by atoms with van der Waals surface area (Å²) in [5.41, 5.74) is 0.740. The first-order valence-corrected chi connectivity index (χ1v) is 10.5. The molecule has 0 unspecified atom stereocenters. The molecule has 4 heteroatoms. The van der Waals surface area contributed by atoms with Crippen molar-refractivity contribution < 1.29 is 19.4 Å². The van der Waals surface area contributed by atoms with E-state index in [2.05, 4.69) is 13.8 Å². The van der Waals surface area contributed by atoms with Crippen LogP contribution in [0.1, 0.15) is 83.6 Å². The van der Waals surface area contributed by atoms with E-state index in [1.165, 1.54) is 57.8 Å². The molecule has 1 rings (SSSR count). The van der Waals surface area contributed by atoms with Crippen LogP contribution in [0.5, 0.6) is 11.5 Å². The molecule has 156 valence electrons. The molecule has 0 heterocycles. The SMILES string of the molecule is COc1cc(C=CC(=O)CC(=O)CCCCCCCCCC(C)C)ccc1O. The minimum atomic E-state index is -0.192. The van der Waals surface area contributed by atoms with E-state index >= 15 is 0 Å². The van der Waals surface area contributed by atoms with Gasteiger partial charge in [0.05, 0.1) is 13.5 Å². The minimum Gasteiger partial charge on any atom is -0.504 e. The van der Waals surface area contributed by atoms with Gasteiger partial charge in [-0.25, -0.2) is 0 Å². The highest BCUT2D eigenvalue weighted by molar-refractivity contribution is 6.06. The summed E-state index contributed by atoms with van der Waals surface area (Å²) in [7, 11) is 1.47. The third-order valence-electron chi connectivity index (χ3n) is 4.77. The van der Waals surface area contributed by atoms with Gasteiger partial charge in [0.2, 0.25) is 0 Å². The first-order valence-electron chi connectivity index (χ1n) is 10.5. The Morgan fingerprint density at radius 1 is 1.04 bits per heavy atom. The molecule has 0 bridgehead atoms. The van der Waals surface area contributed by atoms with Crippen LogP contribution in [-0.4, -0.2) is 23.8 Å². The quantitative estimate of drug-likeness (QED) is 0.224. The summed E-state index contributed by atoms with van der Waals surface area (Å²) in [5, 5.41) is 9.56. The molecule has 0 aliphatic carbocycles. The number of unbranched alkanes of at least 4 members (excludes halogenated alkanes) is 6. The van der Waals surface area contributed by atoms with Gasteiger partial charge in [0.1, 0.15) is 5.78 Å². The summed E-state index contributed by atoms with van der Waals surface area (Å²) >= 11 is 0. The highest BCUT2D eigenvalue weighted by Crippen LogP contribution is 2.26. The zero-order chi connectivity index (χ0) is 20.8. The molecule has 0 aliphatic heterocycles. The van der Waals surface area contributed by atoms with E-state index in [9.17, 15) is 14.7 Å². The van der Waals surface area contributed by atoms with Crippen molar-refractivity contribution >= 4 is 17.6 Å². The van der Waals surface area contributed by atoms with Crippen LogP contribution in [0.25, 0.3) is 6.08 Å². The lowest BCUT2D eigenvalue weighted by molar-refractivity contribution is -0.124. The number of phenols is 1. The monoisotopic (exact) mass is 388 g/mol. The second kappa shape index (κ2) is 14.0. The van der Waals surface area contributed by atoms with E-state index < -0.39 is 0 Å². The summed E-state index contributed by atoms with van der Waals surface area (Å²) in [6.45, 7) is 4.53. The predicted molar refractivity (Wildman–Crippen MR) is 115 cm³/mol. The molecular formula is C24H36O4. The molecule has 0 saturated heterocycles. The molecule has 0 spiro atoms. The van der Waals surface area contributed by atoms with Gasteiger partial charge in [0, 0.05) is 6.42 Å². The number of hydrogen-bond donors (Lipinski definition) is 1. The average molecular weight is 389 g/mol. The van der Waals surface area contributed by atoms with Crippen molar-refractivity contribution in [2.75, 3.05) is 7.11 Å². The van der Waals surface area contributed by atoms with Gasteiger partial charge >= 0.3 is 0 Å². The van der Waals surface area contributed by atoms with Gasteiger partial charge < -0.3 is 9.84 Å². The number of ether oxygens (including phenoxy) is 1. The van der Waals surface area contributed by atoms with E-state index in [1.54, 1.807) is 18.2 Å². The van der Waals surface area contributed by atoms with Crippen LogP contribution >= 0.6 is 0 Å². The van der Waals surface area contributed by atoms with Crippen molar-refractivity contribution in [3.63, 3.8) is 0 Å². The van der Waals surface area contributed by atoms with Crippen molar-refractivity contribution in [2.45, 2.75) is 78.1 Å². The Balaban J connectivity index is 2.15. The molecule has 0 aromatic heterocycles. The number of carbonyl (C=O) groups is 2. The Kier molecular flexibility index (Phi) is 11.9. The predicted octanol–water partition coefficient (Wildman–Crippen LogP) is 6.11. The molecule has 0 saturated carbocycles. The number of carbonyl (C=O) groups excluding carboxylic acids is 2. The third-order valence-corrected chi connectivity index (χ3v) is 4.77. The lowest BCUT2D eigenvalue weighted by Crippen LogP contribution is -2.05. The number of ketones is 2. The summed E-state index contributed by atoms with van der Waals surface area (Å²) in [4.78, 5) is 23.9. The van der Waals surface area contributed by atoms with Crippen LogP contribution in [0.3, 0.4) is 0 Å². The molecule has 4 nitrogen and oxygen atoms in total. The van der Waals surface area contributed by atoms with Crippen LogP contribution in [0, 0.1) is 5.92 Å². The summed E-state index contributed by atoms with van der Waals surface area (Å²) in [6, 6.07) is 4.84. The average Bonchev–Trinajstić information content (AvgIpc) is 2.65. The lowest BCUT2D eigenvalue weighted by Gasteiger charge is -2.04. The van der Waals surface area contributed by atoms with Gasteiger partial charge in [-0.15, -0.1) is 0 Å². The van der Waals surface area contributed by atoms with Gasteiger partial charge in [-0.2, -0.15) is 0 Å². The fraction of sp³-hybridized carbons (Fsp3) is 0.583. The molecule has 0 fully saturated rings. The van der Waals surface area contributed by atoms with E-state index in [4.69, 9.17) is 4.74 Å². The maximum absolute atomic E-state index is 11.9. The van der Waals surface area contributed by atoms with E-state index in [0.717, 1.165) is 24.3 Å². The molecule has 0 amide bonds. The van der Waals surface area contributed by atoms with Gasteiger partial charge in [-0.3, -0.25) is 9.59 Å².